The predicted octanol–water partition coefficient (Wildman–Crippen LogP) is 3.14. The lowest BCUT2D eigenvalue weighted by Crippen LogP contribution is -2.41. The van der Waals surface area contributed by atoms with Gasteiger partial charge in [0.05, 0.1) is 5.69 Å². The average Bonchev–Trinajstić information content (AvgIpc) is 2.42. The molecular formula is C13H15BrN2O4. The molecule has 2 amide bonds. The maximum atomic E-state index is 11.8. The van der Waals surface area contributed by atoms with Gasteiger partial charge < -0.3 is 14.7 Å². The third-order valence-corrected chi connectivity index (χ3v) is 3.79. The van der Waals surface area contributed by atoms with E-state index in [2.05, 4.69) is 21.2 Å². The Labute approximate surface area is 124 Å². The van der Waals surface area contributed by atoms with E-state index in [1.54, 1.807) is 6.07 Å². The Morgan fingerprint density at radius 2 is 1.95 bits per heavy atom. The molecule has 1 saturated heterocycles. The van der Waals surface area contributed by atoms with Crippen LogP contribution in [0.15, 0.2) is 28.7 Å². The molecule has 0 aromatic heterocycles. The van der Waals surface area contributed by atoms with Crippen LogP contribution in [0.2, 0.25) is 0 Å². The van der Waals surface area contributed by atoms with E-state index in [4.69, 9.17) is 9.84 Å². The topological polar surface area (TPSA) is 78.9 Å². The summed E-state index contributed by atoms with van der Waals surface area (Å²) in [5, 5.41) is 11.5. The lowest BCUT2D eigenvalue weighted by atomic mass is 10.1. The van der Waals surface area contributed by atoms with Gasteiger partial charge in [-0.2, -0.15) is 0 Å². The first-order valence-electron chi connectivity index (χ1n) is 6.26. The number of nitrogens with zero attached hydrogens (tertiary/aromatic N) is 1. The van der Waals surface area contributed by atoms with Gasteiger partial charge in [-0.05, 0) is 28.1 Å². The molecule has 0 aliphatic carbocycles. The zero-order valence-electron chi connectivity index (χ0n) is 10.7. The van der Waals surface area contributed by atoms with Crippen LogP contribution in [0.5, 0.6) is 0 Å². The molecule has 108 valence electrons. The summed E-state index contributed by atoms with van der Waals surface area (Å²) in [4.78, 5) is 23.9. The number of anilines is 1. The second-order valence-electron chi connectivity index (χ2n) is 4.48. The summed E-state index contributed by atoms with van der Waals surface area (Å²) in [5.41, 5.74) is 0.639. The Morgan fingerprint density at radius 1 is 1.30 bits per heavy atom. The number of ether oxygens (including phenoxy) is 1. The van der Waals surface area contributed by atoms with Crippen LogP contribution in [0.1, 0.15) is 12.8 Å². The fraction of sp³-hybridized carbons (Fsp3) is 0.385. The Hall–Kier alpha value is -1.76. The Morgan fingerprint density at radius 3 is 2.55 bits per heavy atom. The number of halogens is 1. The summed E-state index contributed by atoms with van der Waals surface area (Å²) in [6.07, 6.45) is -0.648. The molecule has 0 unspecified atom stereocenters. The lowest BCUT2D eigenvalue weighted by Gasteiger charge is -2.29. The van der Waals surface area contributed by atoms with Crippen molar-refractivity contribution in [1.29, 1.82) is 0 Å². The van der Waals surface area contributed by atoms with Gasteiger partial charge in [0.1, 0.15) is 6.10 Å². The SMILES string of the molecule is O=C(Nc1ccccc1Br)OC1CCN(C(=O)O)CC1. The van der Waals surface area contributed by atoms with Crippen LogP contribution in [0, 0.1) is 0 Å². The molecule has 7 heteroatoms. The number of carbonyl (C=O) groups excluding carboxylic acids is 1. The molecular weight excluding hydrogens is 328 g/mol. The fourth-order valence-corrected chi connectivity index (χ4v) is 2.40. The normalized spacial score (nSPS) is 15.8. The van der Waals surface area contributed by atoms with E-state index in [-0.39, 0.29) is 6.10 Å². The van der Waals surface area contributed by atoms with Gasteiger partial charge in [-0.15, -0.1) is 0 Å². The molecule has 0 atom stereocenters. The zero-order chi connectivity index (χ0) is 14.5. The van der Waals surface area contributed by atoms with Gasteiger partial charge >= 0.3 is 12.2 Å². The number of likely N-dealkylation sites (tertiary alicyclic amines) is 1. The van der Waals surface area contributed by atoms with Gasteiger partial charge in [0.15, 0.2) is 0 Å². The number of amides is 2. The number of carboxylic acid groups (broad SMARTS) is 1. The molecule has 2 rings (SSSR count). The fourth-order valence-electron chi connectivity index (χ4n) is 2.02. The van der Waals surface area contributed by atoms with Crippen molar-refractivity contribution in [2.45, 2.75) is 18.9 Å². The van der Waals surface area contributed by atoms with Crippen LogP contribution in [-0.4, -0.2) is 41.4 Å². The number of nitrogens with one attached hydrogen (secondary N) is 1. The van der Waals surface area contributed by atoms with E-state index >= 15 is 0 Å². The van der Waals surface area contributed by atoms with Crippen LogP contribution >= 0.6 is 15.9 Å². The maximum absolute atomic E-state index is 11.8. The minimum Gasteiger partial charge on any atom is -0.465 e. The summed E-state index contributed by atoms with van der Waals surface area (Å²) >= 11 is 3.33. The first-order chi connectivity index (χ1) is 9.56. The van der Waals surface area contributed by atoms with E-state index in [0.717, 1.165) is 4.47 Å². The van der Waals surface area contributed by atoms with Crippen LogP contribution in [0.3, 0.4) is 0 Å². The second kappa shape index (κ2) is 6.60. The average molecular weight is 343 g/mol. The summed E-state index contributed by atoms with van der Waals surface area (Å²) in [7, 11) is 0. The highest BCUT2D eigenvalue weighted by Gasteiger charge is 2.24. The first-order valence-corrected chi connectivity index (χ1v) is 7.05. The van der Waals surface area contributed by atoms with E-state index in [0.29, 0.717) is 31.6 Å². The standard InChI is InChI=1S/C13H15BrN2O4/c14-10-3-1-2-4-11(10)15-12(17)20-9-5-7-16(8-6-9)13(18)19/h1-4,9H,5-8H2,(H,15,17)(H,18,19). The van der Waals surface area contributed by atoms with Gasteiger partial charge in [-0.1, -0.05) is 12.1 Å². The van der Waals surface area contributed by atoms with Gasteiger partial charge in [-0.3, -0.25) is 5.32 Å². The summed E-state index contributed by atoms with van der Waals surface area (Å²) in [6, 6.07) is 7.24. The number of rotatable bonds is 2. The minimum absolute atomic E-state index is 0.243. The molecule has 0 saturated carbocycles. The molecule has 1 aliphatic rings. The summed E-state index contributed by atoms with van der Waals surface area (Å²) in [6.45, 7) is 0.782. The second-order valence-corrected chi connectivity index (χ2v) is 5.33. The molecule has 6 nitrogen and oxygen atoms in total. The number of benzene rings is 1. The molecule has 2 N–H and O–H groups in total. The highest BCUT2D eigenvalue weighted by Crippen LogP contribution is 2.22. The van der Waals surface area contributed by atoms with Gasteiger partial charge in [0, 0.05) is 30.4 Å². The smallest absolute Gasteiger partial charge is 0.411 e. The third kappa shape index (κ3) is 3.86. The van der Waals surface area contributed by atoms with E-state index in [1.807, 2.05) is 18.2 Å². The van der Waals surface area contributed by atoms with Crippen molar-refractivity contribution in [3.8, 4) is 0 Å². The number of piperidine rings is 1. The van der Waals surface area contributed by atoms with E-state index in [1.165, 1.54) is 4.90 Å². The van der Waals surface area contributed by atoms with Crippen LogP contribution in [-0.2, 0) is 4.74 Å². The van der Waals surface area contributed by atoms with Gasteiger partial charge in [0.25, 0.3) is 0 Å². The van der Waals surface area contributed by atoms with Crippen molar-refractivity contribution in [1.82, 2.24) is 4.90 Å². The molecule has 1 fully saturated rings. The summed E-state index contributed by atoms with van der Waals surface area (Å²) in [5.74, 6) is 0. The number of hydrogen-bond acceptors (Lipinski definition) is 3. The Kier molecular flexibility index (Phi) is 4.84. The molecule has 1 aromatic rings. The summed E-state index contributed by atoms with van der Waals surface area (Å²) < 4.78 is 6.06. The van der Waals surface area contributed by atoms with Crippen molar-refractivity contribution in [2.24, 2.45) is 0 Å². The molecule has 20 heavy (non-hydrogen) atoms. The van der Waals surface area contributed by atoms with Crippen LogP contribution < -0.4 is 5.32 Å². The quantitative estimate of drug-likeness (QED) is 0.865. The molecule has 1 aromatic carbocycles. The number of hydrogen-bond donors (Lipinski definition) is 2. The van der Waals surface area contributed by atoms with Crippen LogP contribution in [0.25, 0.3) is 0 Å². The van der Waals surface area contributed by atoms with Crippen molar-refractivity contribution >= 4 is 33.8 Å². The highest BCUT2D eigenvalue weighted by molar-refractivity contribution is 9.10. The molecule has 1 aliphatic heterocycles. The lowest BCUT2D eigenvalue weighted by molar-refractivity contribution is 0.0583. The van der Waals surface area contributed by atoms with Crippen molar-refractivity contribution in [3.05, 3.63) is 28.7 Å². The molecule has 1 heterocycles. The highest BCUT2D eigenvalue weighted by atomic mass is 79.9. The molecule has 0 radical (unpaired) electrons. The first kappa shape index (κ1) is 14.6. The minimum atomic E-state index is -0.930. The number of para-hydroxylation sites is 1. The molecule has 0 bridgehead atoms. The van der Waals surface area contributed by atoms with Crippen LogP contribution in [0.4, 0.5) is 15.3 Å². The van der Waals surface area contributed by atoms with Crippen molar-refractivity contribution < 1.29 is 19.4 Å². The third-order valence-electron chi connectivity index (χ3n) is 3.10. The zero-order valence-corrected chi connectivity index (χ0v) is 12.3. The molecule has 0 spiro atoms. The van der Waals surface area contributed by atoms with Crippen molar-refractivity contribution in [3.63, 3.8) is 0 Å². The van der Waals surface area contributed by atoms with Gasteiger partial charge in [-0.25, -0.2) is 9.59 Å². The Bertz CT molecular complexity index is 501. The van der Waals surface area contributed by atoms with E-state index in [9.17, 15) is 9.59 Å². The maximum Gasteiger partial charge on any atom is 0.411 e. The Balaban J connectivity index is 1.81. The van der Waals surface area contributed by atoms with E-state index < -0.39 is 12.2 Å². The van der Waals surface area contributed by atoms with Crippen molar-refractivity contribution in [2.75, 3.05) is 18.4 Å². The largest absolute Gasteiger partial charge is 0.465 e. The van der Waals surface area contributed by atoms with Gasteiger partial charge in [0.2, 0.25) is 0 Å². The predicted molar refractivity (Wildman–Crippen MR) is 76.9 cm³/mol. The number of carbonyl (C=O) groups is 2. The monoisotopic (exact) mass is 342 g/mol.